The Morgan fingerprint density at radius 3 is 2.83 bits per heavy atom. The number of nitrogens with zero attached hydrogens (tertiary/aromatic N) is 3. The number of amides is 1. The zero-order chi connectivity index (χ0) is 25.3. The number of aromatic nitrogens is 1. The molecule has 1 unspecified atom stereocenters. The molecule has 36 heavy (non-hydrogen) atoms. The van der Waals surface area contributed by atoms with Gasteiger partial charge in [-0.15, -0.1) is 11.3 Å². The van der Waals surface area contributed by atoms with E-state index in [0.29, 0.717) is 52.5 Å². The molecule has 190 valence electrons. The minimum Gasteiger partial charge on any atom is -0.492 e. The van der Waals surface area contributed by atoms with Crippen molar-refractivity contribution in [3.05, 3.63) is 58.8 Å². The fraction of sp³-hybridized carbons (Fsp3) is 0.333. The van der Waals surface area contributed by atoms with Gasteiger partial charge in [0.05, 0.1) is 34.4 Å². The molecule has 3 aromatic heterocycles. The van der Waals surface area contributed by atoms with Gasteiger partial charge in [-0.05, 0) is 56.2 Å². The van der Waals surface area contributed by atoms with Crippen molar-refractivity contribution in [2.45, 2.75) is 30.5 Å². The number of benzene rings is 1. The number of hydrogen-bond donors (Lipinski definition) is 0. The van der Waals surface area contributed by atoms with Crippen molar-refractivity contribution >= 4 is 65.6 Å². The molecular formula is C24H24ClN3O5S3. The molecule has 0 saturated carbocycles. The Bertz CT molecular complexity index is 1470. The number of sulfonamides is 1. The number of halogens is 1. The second kappa shape index (κ2) is 10.5. The van der Waals surface area contributed by atoms with Crippen LogP contribution in [0.4, 0.5) is 5.13 Å². The highest BCUT2D eigenvalue weighted by molar-refractivity contribution is 7.91. The fourth-order valence-electron chi connectivity index (χ4n) is 4.24. The summed E-state index contributed by atoms with van der Waals surface area (Å²) in [6, 6.07) is 12.3. The van der Waals surface area contributed by atoms with Crippen molar-refractivity contribution in [3.63, 3.8) is 0 Å². The summed E-state index contributed by atoms with van der Waals surface area (Å²) in [4.78, 5) is 20.3. The average molecular weight is 566 g/mol. The summed E-state index contributed by atoms with van der Waals surface area (Å²) in [5, 5.41) is 0.517. The minimum atomic E-state index is -3.73. The summed E-state index contributed by atoms with van der Waals surface area (Å²) in [5.74, 6) is 0.568. The predicted octanol–water partition coefficient (Wildman–Crippen LogP) is 5.64. The highest BCUT2D eigenvalue weighted by atomic mass is 35.5. The molecule has 4 aromatic rings. The molecule has 5 rings (SSSR count). The van der Waals surface area contributed by atoms with Crippen molar-refractivity contribution in [1.82, 2.24) is 9.29 Å². The van der Waals surface area contributed by atoms with Crippen LogP contribution < -0.4 is 9.64 Å². The molecule has 0 spiro atoms. The summed E-state index contributed by atoms with van der Waals surface area (Å²) in [6.45, 7) is 3.06. The Morgan fingerprint density at radius 2 is 2.11 bits per heavy atom. The van der Waals surface area contributed by atoms with Gasteiger partial charge in [-0.25, -0.2) is 13.4 Å². The van der Waals surface area contributed by atoms with Crippen molar-refractivity contribution in [2.24, 2.45) is 5.92 Å². The average Bonchev–Trinajstić information content (AvgIpc) is 3.64. The van der Waals surface area contributed by atoms with Crippen LogP contribution in [-0.4, -0.2) is 43.3 Å². The number of anilines is 1. The van der Waals surface area contributed by atoms with Gasteiger partial charge in [0.1, 0.15) is 21.2 Å². The van der Waals surface area contributed by atoms with E-state index in [9.17, 15) is 13.2 Å². The molecule has 0 radical (unpaired) electrons. The SMILES string of the molecule is CCOc1cccc2sc(N(Cc3ccco3)C(=O)C3CCCN(S(=O)(=O)c4ccc(Cl)s4)C3)nc12. The fourth-order valence-corrected chi connectivity index (χ4v) is 8.39. The zero-order valence-electron chi connectivity index (χ0n) is 19.4. The van der Waals surface area contributed by atoms with E-state index in [1.807, 2.05) is 25.1 Å². The first kappa shape index (κ1) is 25.2. The van der Waals surface area contributed by atoms with E-state index in [4.69, 9.17) is 25.7 Å². The molecule has 0 N–H and O–H groups in total. The van der Waals surface area contributed by atoms with Gasteiger partial charge in [0.2, 0.25) is 5.91 Å². The first-order chi connectivity index (χ1) is 17.4. The molecule has 1 aromatic carbocycles. The quantitative estimate of drug-likeness (QED) is 0.274. The number of piperidine rings is 1. The molecule has 1 atom stereocenters. The number of fused-ring (bicyclic) bond motifs is 1. The zero-order valence-corrected chi connectivity index (χ0v) is 22.6. The van der Waals surface area contributed by atoms with Gasteiger partial charge < -0.3 is 9.15 Å². The number of thiophene rings is 1. The lowest BCUT2D eigenvalue weighted by atomic mass is 9.98. The second-order valence-electron chi connectivity index (χ2n) is 8.30. The van der Waals surface area contributed by atoms with Crippen molar-refractivity contribution < 1.29 is 22.4 Å². The standard InChI is InChI=1S/C24H24ClN3O5S3/c1-2-32-18-8-3-9-19-22(18)26-24(34-19)28(15-17-7-5-13-33-17)23(29)16-6-4-12-27(14-16)36(30,31)21-11-10-20(25)35-21/h3,5,7-11,13,16H,2,4,6,12,14-15H2,1H3. The number of thiazole rings is 1. The molecule has 8 nitrogen and oxygen atoms in total. The largest absolute Gasteiger partial charge is 0.492 e. The Hall–Kier alpha value is -2.44. The topological polar surface area (TPSA) is 93.0 Å². The molecule has 1 fully saturated rings. The van der Waals surface area contributed by atoms with E-state index >= 15 is 0 Å². The lowest BCUT2D eigenvalue weighted by Crippen LogP contribution is -2.46. The Balaban J connectivity index is 1.45. The van der Waals surface area contributed by atoms with Gasteiger partial charge in [0.25, 0.3) is 10.0 Å². The third kappa shape index (κ3) is 5.03. The van der Waals surface area contributed by atoms with Gasteiger partial charge in [-0.3, -0.25) is 9.69 Å². The maximum atomic E-state index is 13.9. The van der Waals surface area contributed by atoms with Gasteiger partial charge in [-0.2, -0.15) is 4.31 Å². The van der Waals surface area contributed by atoms with Gasteiger partial charge in [-0.1, -0.05) is 29.0 Å². The van der Waals surface area contributed by atoms with Crippen molar-refractivity contribution in [1.29, 1.82) is 0 Å². The first-order valence-corrected chi connectivity index (χ1v) is 14.9. The highest BCUT2D eigenvalue weighted by Gasteiger charge is 2.37. The monoisotopic (exact) mass is 565 g/mol. The van der Waals surface area contributed by atoms with Crippen LogP contribution in [0.1, 0.15) is 25.5 Å². The number of ether oxygens (including phenoxy) is 1. The van der Waals surface area contributed by atoms with E-state index < -0.39 is 15.9 Å². The summed E-state index contributed by atoms with van der Waals surface area (Å²) >= 11 is 8.39. The van der Waals surface area contributed by atoms with Crippen LogP contribution in [0.5, 0.6) is 5.75 Å². The summed E-state index contributed by atoms with van der Waals surface area (Å²) in [5.41, 5.74) is 0.694. The highest BCUT2D eigenvalue weighted by Crippen LogP contribution is 2.37. The van der Waals surface area contributed by atoms with E-state index in [1.54, 1.807) is 29.4 Å². The van der Waals surface area contributed by atoms with Crippen LogP contribution in [0.3, 0.4) is 0 Å². The summed E-state index contributed by atoms with van der Waals surface area (Å²) in [6.07, 6.45) is 2.72. The lowest BCUT2D eigenvalue weighted by molar-refractivity contribution is -0.123. The van der Waals surface area contributed by atoms with E-state index in [0.717, 1.165) is 16.0 Å². The third-order valence-electron chi connectivity index (χ3n) is 5.94. The first-order valence-electron chi connectivity index (χ1n) is 11.5. The summed E-state index contributed by atoms with van der Waals surface area (Å²) in [7, 11) is -3.73. The summed E-state index contributed by atoms with van der Waals surface area (Å²) < 4.78 is 40.5. The number of hydrogen-bond acceptors (Lipinski definition) is 8. The Morgan fingerprint density at radius 1 is 1.25 bits per heavy atom. The van der Waals surface area contributed by atoms with Crippen molar-refractivity contribution in [3.8, 4) is 5.75 Å². The number of para-hydroxylation sites is 1. The smallest absolute Gasteiger partial charge is 0.252 e. The van der Waals surface area contributed by atoms with Gasteiger partial charge >= 0.3 is 0 Å². The molecule has 1 amide bonds. The maximum absolute atomic E-state index is 13.9. The van der Waals surface area contributed by atoms with Crippen LogP contribution in [0.2, 0.25) is 4.34 Å². The lowest BCUT2D eigenvalue weighted by Gasteiger charge is -2.33. The van der Waals surface area contributed by atoms with E-state index in [-0.39, 0.29) is 23.2 Å². The van der Waals surface area contributed by atoms with Gasteiger partial charge in [0.15, 0.2) is 5.13 Å². The number of furan rings is 1. The Labute approximate surface area is 222 Å². The number of rotatable bonds is 8. The molecular weight excluding hydrogens is 542 g/mol. The molecule has 1 saturated heterocycles. The normalized spacial score (nSPS) is 16.9. The molecule has 0 bridgehead atoms. The van der Waals surface area contributed by atoms with Crippen LogP contribution in [0.25, 0.3) is 10.2 Å². The molecule has 1 aliphatic heterocycles. The molecule has 1 aliphatic rings. The third-order valence-corrected chi connectivity index (χ3v) is 10.5. The molecule has 12 heteroatoms. The second-order valence-corrected chi connectivity index (χ2v) is 13.2. The van der Waals surface area contributed by atoms with E-state index in [1.165, 1.54) is 21.7 Å². The van der Waals surface area contributed by atoms with Crippen molar-refractivity contribution in [2.75, 3.05) is 24.6 Å². The van der Waals surface area contributed by atoms with E-state index in [2.05, 4.69) is 0 Å². The van der Waals surface area contributed by atoms with Crippen LogP contribution >= 0.6 is 34.3 Å². The maximum Gasteiger partial charge on any atom is 0.252 e. The minimum absolute atomic E-state index is 0.0977. The number of carbonyl (C=O) groups is 1. The predicted molar refractivity (Wildman–Crippen MR) is 141 cm³/mol. The van der Waals surface area contributed by atoms with Crippen LogP contribution in [-0.2, 0) is 21.4 Å². The number of carbonyl (C=O) groups excluding carboxylic acids is 1. The van der Waals surface area contributed by atoms with Crippen LogP contribution in [0, 0.1) is 5.92 Å². The molecule has 4 heterocycles. The Kier molecular flexibility index (Phi) is 7.36. The molecule has 0 aliphatic carbocycles. The van der Waals surface area contributed by atoms with Gasteiger partial charge in [0, 0.05) is 13.1 Å². The van der Waals surface area contributed by atoms with Crippen LogP contribution in [0.15, 0.2) is 57.4 Å².